The predicted octanol–water partition coefficient (Wildman–Crippen LogP) is -0.237. The molecule has 2 heterocycles. The van der Waals surface area contributed by atoms with Crippen LogP contribution < -0.4 is 5.32 Å². The van der Waals surface area contributed by atoms with Gasteiger partial charge >= 0.3 is 0 Å². The number of morpholine rings is 1. The molecule has 3 nitrogen and oxygen atoms in total. The van der Waals surface area contributed by atoms with Crippen molar-refractivity contribution in [1.29, 1.82) is 0 Å². The molecule has 2 aliphatic rings. The van der Waals surface area contributed by atoms with E-state index >= 15 is 0 Å². The summed E-state index contributed by atoms with van der Waals surface area (Å²) in [6.45, 7) is 3.13. The molecule has 0 aromatic heterocycles. The Kier molecular flexibility index (Phi) is 1.25. The standard InChI is InChI=1S/C7H12N2O/c1-2-9-3-4-10-6-7(9)5-8-1/h5,8H,1-4,6H2/i6D. The molecule has 2 aliphatic heterocycles. The molecule has 0 aromatic carbocycles. The van der Waals surface area contributed by atoms with Crippen LogP contribution in [0.2, 0.25) is 0 Å². The van der Waals surface area contributed by atoms with Crippen molar-refractivity contribution in [3.05, 3.63) is 11.9 Å². The van der Waals surface area contributed by atoms with E-state index in [-0.39, 0.29) is 0 Å². The fourth-order valence-corrected chi connectivity index (χ4v) is 1.25. The van der Waals surface area contributed by atoms with Gasteiger partial charge in [0.05, 0.1) is 20.3 Å². The van der Waals surface area contributed by atoms with Crippen molar-refractivity contribution >= 4 is 0 Å². The van der Waals surface area contributed by atoms with Crippen LogP contribution in [0.25, 0.3) is 0 Å². The quantitative estimate of drug-likeness (QED) is 0.504. The normalized spacial score (nSPS) is 33.6. The average Bonchev–Trinajstić information content (AvgIpc) is 2.06. The highest BCUT2D eigenvalue weighted by atomic mass is 16.5. The summed E-state index contributed by atoms with van der Waals surface area (Å²) >= 11 is 0. The Labute approximate surface area is 62.1 Å². The van der Waals surface area contributed by atoms with Crippen molar-refractivity contribution in [2.75, 3.05) is 32.8 Å². The van der Waals surface area contributed by atoms with Crippen molar-refractivity contribution in [2.45, 2.75) is 0 Å². The van der Waals surface area contributed by atoms with E-state index in [1.807, 2.05) is 6.20 Å². The summed E-state index contributed by atoms with van der Waals surface area (Å²) in [5, 5.41) is 3.11. The minimum absolute atomic E-state index is 0.475. The van der Waals surface area contributed by atoms with Gasteiger partial charge in [-0.25, -0.2) is 0 Å². The van der Waals surface area contributed by atoms with Crippen LogP contribution in [-0.2, 0) is 4.74 Å². The molecule has 1 atom stereocenters. The summed E-state index contributed by atoms with van der Waals surface area (Å²) in [5.74, 6) is 0. The van der Waals surface area contributed by atoms with Crippen molar-refractivity contribution in [2.24, 2.45) is 0 Å². The van der Waals surface area contributed by atoms with E-state index in [0.29, 0.717) is 6.61 Å². The highest BCUT2D eigenvalue weighted by Gasteiger charge is 2.16. The smallest absolute Gasteiger partial charge is 0.0880 e. The molecule has 1 fully saturated rings. The molecule has 1 saturated heterocycles. The van der Waals surface area contributed by atoms with Gasteiger partial charge in [0.15, 0.2) is 0 Å². The van der Waals surface area contributed by atoms with E-state index < -0.39 is 6.58 Å². The molecule has 1 unspecified atom stereocenters. The molecule has 10 heavy (non-hydrogen) atoms. The van der Waals surface area contributed by atoms with Crippen LogP contribution >= 0.6 is 0 Å². The Morgan fingerprint density at radius 2 is 2.70 bits per heavy atom. The lowest BCUT2D eigenvalue weighted by molar-refractivity contribution is 0.0694. The first-order valence-corrected chi connectivity index (χ1v) is 3.60. The zero-order valence-electron chi connectivity index (χ0n) is 6.84. The molecule has 0 spiro atoms. The van der Waals surface area contributed by atoms with E-state index in [4.69, 9.17) is 6.11 Å². The lowest BCUT2D eigenvalue weighted by Crippen LogP contribution is -2.42. The molecule has 0 bridgehead atoms. The van der Waals surface area contributed by atoms with Gasteiger partial charge in [0, 0.05) is 25.8 Å². The number of fused-ring (bicyclic) bond motifs is 1. The highest BCUT2D eigenvalue weighted by Crippen LogP contribution is 2.10. The number of nitrogens with one attached hydrogen (secondary N) is 1. The fourth-order valence-electron chi connectivity index (χ4n) is 1.25. The third kappa shape index (κ3) is 0.968. The number of hydrogen-bond acceptors (Lipinski definition) is 3. The largest absolute Gasteiger partial charge is 0.388 e. The van der Waals surface area contributed by atoms with Crippen molar-refractivity contribution in [3.63, 3.8) is 0 Å². The molecule has 0 aromatic rings. The average molecular weight is 141 g/mol. The highest BCUT2D eigenvalue weighted by molar-refractivity contribution is 5.05. The summed E-state index contributed by atoms with van der Waals surface area (Å²) in [7, 11) is 0. The van der Waals surface area contributed by atoms with Crippen LogP contribution in [0.1, 0.15) is 1.37 Å². The van der Waals surface area contributed by atoms with Gasteiger partial charge in [0.1, 0.15) is 0 Å². The number of hydrogen-bond donors (Lipinski definition) is 1. The van der Waals surface area contributed by atoms with Gasteiger partial charge in [-0.15, -0.1) is 0 Å². The molecule has 2 rings (SSSR count). The van der Waals surface area contributed by atoms with Gasteiger partial charge in [-0.3, -0.25) is 0 Å². The molecule has 1 N–H and O–H groups in total. The molecular formula is C7H12N2O. The zero-order valence-corrected chi connectivity index (χ0v) is 5.84. The van der Waals surface area contributed by atoms with Crippen molar-refractivity contribution in [3.8, 4) is 0 Å². The Hall–Kier alpha value is -0.700. The molecule has 0 amide bonds. The molecule has 56 valence electrons. The minimum atomic E-state index is -0.475. The second-order valence-corrected chi connectivity index (χ2v) is 2.50. The molecule has 0 saturated carbocycles. The van der Waals surface area contributed by atoms with E-state index in [9.17, 15) is 0 Å². The summed E-state index contributed by atoms with van der Waals surface area (Å²) in [4.78, 5) is 2.21. The lowest BCUT2D eigenvalue weighted by atomic mass is 10.3. The fraction of sp³-hybridized carbons (Fsp3) is 0.714. The summed E-state index contributed by atoms with van der Waals surface area (Å²) < 4.78 is 12.7. The molecule has 3 heteroatoms. The second-order valence-electron chi connectivity index (χ2n) is 2.50. The van der Waals surface area contributed by atoms with Crippen molar-refractivity contribution in [1.82, 2.24) is 10.2 Å². The van der Waals surface area contributed by atoms with E-state index in [1.165, 1.54) is 0 Å². The van der Waals surface area contributed by atoms with Crippen LogP contribution in [-0.4, -0.2) is 37.7 Å². The van der Waals surface area contributed by atoms with E-state index in [2.05, 4.69) is 10.2 Å². The summed E-state index contributed by atoms with van der Waals surface area (Å²) in [5.41, 5.74) is 0.975. The third-order valence-corrected chi connectivity index (χ3v) is 1.82. The SMILES string of the molecule is [2H]C1OCCN2CCNC=C12. The number of rotatable bonds is 0. The maximum atomic E-state index is 7.52. The van der Waals surface area contributed by atoms with Gasteiger partial charge in [-0.05, 0) is 0 Å². The first-order valence-electron chi connectivity index (χ1n) is 4.18. The molecular weight excluding hydrogens is 128 g/mol. The molecule has 0 radical (unpaired) electrons. The molecule has 0 aliphatic carbocycles. The first-order chi connectivity index (χ1) is 5.38. The summed E-state index contributed by atoms with van der Waals surface area (Å²) in [6.07, 6.45) is 1.89. The maximum Gasteiger partial charge on any atom is 0.0880 e. The lowest BCUT2D eigenvalue weighted by Gasteiger charge is -2.34. The number of nitrogens with zero attached hydrogens (tertiary/aromatic N) is 1. The van der Waals surface area contributed by atoms with E-state index in [1.54, 1.807) is 0 Å². The first kappa shape index (κ1) is 5.02. The van der Waals surface area contributed by atoms with Gasteiger partial charge < -0.3 is 15.0 Å². The Morgan fingerprint density at radius 3 is 3.60 bits per heavy atom. The summed E-state index contributed by atoms with van der Waals surface area (Å²) in [6, 6.07) is 0. The Morgan fingerprint density at radius 1 is 1.70 bits per heavy atom. The van der Waals surface area contributed by atoms with Gasteiger partial charge in [-0.1, -0.05) is 0 Å². The van der Waals surface area contributed by atoms with Crippen molar-refractivity contribution < 1.29 is 6.11 Å². The Bertz CT molecular complexity index is 183. The second kappa shape index (κ2) is 2.50. The third-order valence-electron chi connectivity index (χ3n) is 1.82. The van der Waals surface area contributed by atoms with Gasteiger partial charge in [0.2, 0.25) is 0 Å². The number of ether oxygens (including phenoxy) is 1. The van der Waals surface area contributed by atoms with E-state index in [0.717, 1.165) is 25.3 Å². The monoisotopic (exact) mass is 141 g/mol. The maximum absolute atomic E-state index is 7.52. The minimum Gasteiger partial charge on any atom is -0.388 e. The Balaban J connectivity index is 2.14. The van der Waals surface area contributed by atoms with Crippen LogP contribution in [0.5, 0.6) is 0 Å². The van der Waals surface area contributed by atoms with Crippen LogP contribution in [0.4, 0.5) is 0 Å². The van der Waals surface area contributed by atoms with Crippen LogP contribution in [0.3, 0.4) is 0 Å². The zero-order chi connectivity index (χ0) is 7.68. The van der Waals surface area contributed by atoms with Gasteiger partial charge in [-0.2, -0.15) is 0 Å². The topological polar surface area (TPSA) is 24.5 Å². The predicted molar refractivity (Wildman–Crippen MR) is 38.5 cm³/mol. The van der Waals surface area contributed by atoms with Crippen LogP contribution in [0.15, 0.2) is 11.9 Å². The van der Waals surface area contributed by atoms with Gasteiger partial charge in [0.25, 0.3) is 0 Å². The van der Waals surface area contributed by atoms with Crippen LogP contribution in [0, 0.1) is 0 Å².